The van der Waals surface area contributed by atoms with E-state index in [1.807, 2.05) is 17.5 Å². The Labute approximate surface area is 141 Å². The molecule has 0 radical (unpaired) electrons. The molecule has 126 valence electrons. The fraction of sp³-hybridized carbons (Fsp3) is 0.556. The van der Waals surface area contributed by atoms with Gasteiger partial charge in [-0.25, -0.2) is 0 Å². The van der Waals surface area contributed by atoms with Crippen molar-refractivity contribution in [3.8, 4) is 0 Å². The van der Waals surface area contributed by atoms with Gasteiger partial charge in [0.05, 0.1) is 25.5 Å². The van der Waals surface area contributed by atoms with Crippen LogP contribution in [0.25, 0.3) is 0 Å². The first-order valence-corrected chi connectivity index (χ1v) is 8.71. The third-order valence-corrected chi connectivity index (χ3v) is 5.49. The third-order valence-electron chi connectivity index (χ3n) is 4.51. The van der Waals surface area contributed by atoms with Gasteiger partial charge in [-0.05, 0) is 36.6 Å². The van der Waals surface area contributed by atoms with E-state index in [-0.39, 0.29) is 41.6 Å². The molecule has 1 saturated carbocycles. The summed E-state index contributed by atoms with van der Waals surface area (Å²) in [5.74, 6) is -0.0912. The maximum atomic E-state index is 12.7. The number of methoxy groups -OCH3 is 1. The smallest absolute Gasteiger partial charge is 0.307 e. The van der Waals surface area contributed by atoms with Gasteiger partial charge < -0.3 is 10.1 Å². The Kier molecular flexibility index (Phi) is 5.30. The maximum absolute atomic E-state index is 12.7. The minimum absolute atomic E-state index is 0.0137. The predicted molar refractivity (Wildman–Crippen MR) is 92.0 cm³/mol. The van der Waals surface area contributed by atoms with Crippen LogP contribution in [0.5, 0.6) is 0 Å². The van der Waals surface area contributed by atoms with Crippen molar-refractivity contribution in [2.45, 2.75) is 40.2 Å². The molecule has 0 spiro atoms. The molecule has 1 fully saturated rings. The molecule has 1 N–H and O–H groups in total. The highest BCUT2D eigenvalue weighted by Gasteiger charge is 2.60. The lowest BCUT2D eigenvalue weighted by Crippen LogP contribution is -2.32. The van der Waals surface area contributed by atoms with Gasteiger partial charge in [0.1, 0.15) is 0 Å². The van der Waals surface area contributed by atoms with Crippen LogP contribution in [0.15, 0.2) is 29.2 Å². The number of hydrogen-bond acceptors (Lipinski definition) is 4. The number of nitrogens with one attached hydrogen (secondary N) is 1. The van der Waals surface area contributed by atoms with Gasteiger partial charge in [-0.3, -0.25) is 9.59 Å². The van der Waals surface area contributed by atoms with Crippen molar-refractivity contribution in [3.05, 3.63) is 34.0 Å². The van der Waals surface area contributed by atoms with Crippen molar-refractivity contribution < 1.29 is 14.3 Å². The van der Waals surface area contributed by atoms with Crippen LogP contribution >= 0.6 is 11.3 Å². The average Bonchev–Trinajstić information content (AvgIpc) is 2.85. The van der Waals surface area contributed by atoms with Crippen LogP contribution in [-0.4, -0.2) is 19.0 Å². The monoisotopic (exact) mass is 335 g/mol. The summed E-state index contributed by atoms with van der Waals surface area (Å²) in [5, 5.41) is 4.99. The molecule has 0 aliphatic heterocycles. The number of amides is 1. The summed E-state index contributed by atoms with van der Waals surface area (Å²) in [5.41, 5.74) is 1.19. The van der Waals surface area contributed by atoms with Crippen molar-refractivity contribution in [1.29, 1.82) is 0 Å². The zero-order chi connectivity index (χ0) is 17.2. The Morgan fingerprint density at radius 2 is 2.13 bits per heavy atom. The molecular formula is C18H25NO3S. The number of allylic oxidation sites excluding steroid dienone is 2. The second-order valence-corrected chi connectivity index (χ2v) is 7.90. The topological polar surface area (TPSA) is 55.4 Å². The first kappa shape index (κ1) is 17.7. The second-order valence-electron chi connectivity index (χ2n) is 6.93. The van der Waals surface area contributed by atoms with Gasteiger partial charge in [0.2, 0.25) is 5.91 Å². The van der Waals surface area contributed by atoms with Gasteiger partial charge in [0, 0.05) is 4.88 Å². The minimum atomic E-state index is -0.321. The van der Waals surface area contributed by atoms with Crippen LogP contribution in [0.2, 0.25) is 0 Å². The van der Waals surface area contributed by atoms with Crippen LogP contribution in [0, 0.1) is 17.3 Å². The van der Waals surface area contributed by atoms with E-state index in [0.29, 0.717) is 0 Å². The molecule has 0 bridgehead atoms. The number of esters is 1. The van der Waals surface area contributed by atoms with Crippen molar-refractivity contribution in [1.82, 2.24) is 5.32 Å². The molecule has 1 amide bonds. The molecule has 4 nitrogen and oxygen atoms in total. The SMILES string of the molecule is COC(=O)CC(NC(=O)C1C(C=C(C)C)C1(C)C)c1cccs1. The van der Waals surface area contributed by atoms with Gasteiger partial charge in [0.25, 0.3) is 0 Å². The van der Waals surface area contributed by atoms with Crippen LogP contribution < -0.4 is 5.32 Å². The van der Waals surface area contributed by atoms with Gasteiger partial charge in [0.15, 0.2) is 0 Å². The van der Waals surface area contributed by atoms with Crippen LogP contribution in [-0.2, 0) is 14.3 Å². The van der Waals surface area contributed by atoms with E-state index in [0.717, 1.165) is 4.88 Å². The lowest BCUT2D eigenvalue weighted by atomic mass is 10.1. The fourth-order valence-electron chi connectivity index (χ4n) is 3.07. The summed E-state index contributed by atoms with van der Waals surface area (Å²) in [4.78, 5) is 25.3. The Hall–Kier alpha value is -1.62. The molecule has 0 aromatic carbocycles. The molecular weight excluding hydrogens is 310 g/mol. The zero-order valence-corrected chi connectivity index (χ0v) is 15.2. The summed E-state index contributed by atoms with van der Waals surface area (Å²) in [6, 6.07) is 3.53. The second kappa shape index (κ2) is 6.87. The highest BCUT2D eigenvalue weighted by atomic mass is 32.1. The Morgan fingerprint density at radius 1 is 1.43 bits per heavy atom. The average molecular weight is 335 g/mol. The van der Waals surface area contributed by atoms with E-state index in [1.54, 1.807) is 0 Å². The molecule has 1 aromatic rings. The number of thiophene rings is 1. The summed E-state index contributed by atoms with van der Waals surface area (Å²) < 4.78 is 4.76. The van der Waals surface area contributed by atoms with Crippen molar-refractivity contribution in [3.63, 3.8) is 0 Å². The normalized spacial score (nSPS) is 22.8. The van der Waals surface area contributed by atoms with E-state index in [9.17, 15) is 9.59 Å². The van der Waals surface area contributed by atoms with E-state index in [1.165, 1.54) is 24.0 Å². The van der Waals surface area contributed by atoms with Crippen LogP contribution in [0.1, 0.15) is 45.0 Å². The van der Waals surface area contributed by atoms with Gasteiger partial charge >= 0.3 is 5.97 Å². The van der Waals surface area contributed by atoms with Crippen LogP contribution in [0.4, 0.5) is 0 Å². The molecule has 3 unspecified atom stereocenters. The largest absolute Gasteiger partial charge is 0.469 e. The van der Waals surface area contributed by atoms with E-state index in [4.69, 9.17) is 4.74 Å². The Morgan fingerprint density at radius 3 is 2.65 bits per heavy atom. The van der Waals surface area contributed by atoms with Gasteiger partial charge in [-0.15, -0.1) is 11.3 Å². The maximum Gasteiger partial charge on any atom is 0.307 e. The third kappa shape index (κ3) is 4.02. The molecule has 1 aliphatic carbocycles. The zero-order valence-electron chi connectivity index (χ0n) is 14.4. The summed E-state index contributed by atoms with van der Waals surface area (Å²) in [6.07, 6.45) is 2.33. The fourth-order valence-corrected chi connectivity index (χ4v) is 3.85. The molecule has 1 aliphatic rings. The molecule has 1 aromatic heterocycles. The molecule has 3 atom stereocenters. The highest BCUT2D eigenvalue weighted by Crippen LogP contribution is 2.59. The Bertz CT molecular complexity index is 600. The number of ether oxygens (including phenoxy) is 1. The highest BCUT2D eigenvalue weighted by molar-refractivity contribution is 7.10. The minimum Gasteiger partial charge on any atom is -0.469 e. The molecule has 23 heavy (non-hydrogen) atoms. The standard InChI is InChI=1S/C18H25NO3S/c1-11(2)9-12-16(18(12,3)4)17(21)19-13(10-15(20)22-5)14-7-6-8-23-14/h6-9,12-13,16H,10H2,1-5H3,(H,19,21). The number of carbonyl (C=O) groups excluding carboxylic acids is 2. The molecule has 2 rings (SSSR count). The van der Waals surface area contributed by atoms with Crippen LogP contribution in [0.3, 0.4) is 0 Å². The van der Waals surface area contributed by atoms with E-state index < -0.39 is 0 Å². The van der Waals surface area contributed by atoms with Crippen molar-refractivity contribution in [2.24, 2.45) is 17.3 Å². The predicted octanol–water partition coefficient (Wildman–Crippen LogP) is 3.71. The summed E-state index contributed by atoms with van der Waals surface area (Å²) >= 11 is 1.53. The Balaban J connectivity index is 2.09. The lowest BCUT2D eigenvalue weighted by Gasteiger charge is -2.17. The quantitative estimate of drug-likeness (QED) is 0.637. The van der Waals surface area contributed by atoms with Crippen molar-refractivity contribution in [2.75, 3.05) is 7.11 Å². The van der Waals surface area contributed by atoms with E-state index >= 15 is 0 Å². The first-order valence-electron chi connectivity index (χ1n) is 7.83. The number of hydrogen-bond donors (Lipinski definition) is 1. The summed E-state index contributed by atoms with van der Waals surface area (Å²) in [6.45, 7) is 8.33. The van der Waals surface area contributed by atoms with Gasteiger partial charge in [-0.1, -0.05) is 31.6 Å². The lowest BCUT2D eigenvalue weighted by molar-refractivity contribution is -0.141. The molecule has 5 heteroatoms. The first-order chi connectivity index (χ1) is 10.8. The van der Waals surface area contributed by atoms with Crippen molar-refractivity contribution >= 4 is 23.2 Å². The van der Waals surface area contributed by atoms with Gasteiger partial charge in [-0.2, -0.15) is 0 Å². The number of carbonyl (C=O) groups is 2. The number of rotatable bonds is 6. The molecule has 1 heterocycles. The molecule has 0 saturated heterocycles. The summed E-state index contributed by atoms with van der Waals surface area (Å²) in [7, 11) is 1.37. The van der Waals surface area contributed by atoms with E-state index in [2.05, 4.69) is 39.1 Å².